The fraction of sp³-hybridized carbons (Fsp3) is 0.308. The van der Waals surface area contributed by atoms with Gasteiger partial charge in [-0.05, 0) is 12.1 Å². The summed E-state index contributed by atoms with van der Waals surface area (Å²) in [4.78, 5) is 27.0. The fourth-order valence-electron chi connectivity index (χ4n) is 1.75. The lowest BCUT2D eigenvalue weighted by molar-refractivity contribution is -0.137. The minimum absolute atomic E-state index is 0.00270. The van der Waals surface area contributed by atoms with Crippen LogP contribution < -0.4 is 10.0 Å². The van der Waals surface area contributed by atoms with Gasteiger partial charge in [0.15, 0.2) is 10.9 Å². The number of carbonyl (C=O) groups is 2. The lowest BCUT2D eigenvalue weighted by Gasteiger charge is -2.05. The van der Waals surface area contributed by atoms with E-state index >= 15 is 0 Å². The number of carbonyl (C=O) groups excluding carboxylic acids is 2. The average molecular weight is 372 g/mol. The van der Waals surface area contributed by atoms with Gasteiger partial charge in [-0.3, -0.25) is 14.3 Å². The number of thiazole rings is 1. The van der Waals surface area contributed by atoms with Crippen LogP contribution in [0.5, 0.6) is 0 Å². The van der Waals surface area contributed by atoms with Gasteiger partial charge < -0.3 is 14.6 Å². The largest absolute Gasteiger partial charge is 0.468 e. The van der Waals surface area contributed by atoms with Gasteiger partial charge in [0.05, 0.1) is 13.7 Å². The number of amides is 1. The molecule has 2 aromatic heterocycles. The molecule has 0 fully saturated rings. The summed E-state index contributed by atoms with van der Waals surface area (Å²) >= 11 is 0.946. The van der Waals surface area contributed by atoms with E-state index in [1.165, 1.54) is 5.38 Å². The highest BCUT2D eigenvalue weighted by Gasteiger charge is 2.19. The summed E-state index contributed by atoms with van der Waals surface area (Å²) in [5.74, 6) is -2.14. The van der Waals surface area contributed by atoms with Crippen molar-refractivity contribution in [2.24, 2.45) is 7.05 Å². The molecular formula is C13H16N4O5S2. The number of nitrogens with zero attached hydrogens (tertiary/aromatic N) is 2. The second kappa shape index (κ2) is 7.45. The van der Waals surface area contributed by atoms with Crippen LogP contribution in [0.4, 0.5) is 5.13 Å². The maximum atomic E-state index is 12.0. The highest BCUT2D eigenvalue weighted by Crippen LogP contribution is 2.17. The van der Waals surface area contributed by atoms with Crippen LogP contribution in [0.1, 0.15) is 16.2 Å². The van der Waals surface area contributed by atoms with Gasteiger partial charge in [-0.1, -0.05) is 0 Å². The van der Waals surface area contributed by atoms with Gasteiger partial charge in [0, 0.05) is 24.3 Å². The van der Waals surface area contributed by atoms with Gasteiger partial charge >= 0.3 is 5.97 Å². The molecule has 130 valence electrons. The van der Waals surface area contributed by atoms with E-state index in [-0.39, 0.29) is 10.8 Å². The molecule has 0 saturated heterocycles. The molecule has 0 aliphatic carbocycles. The van der Waals surface area contributed by atoms with Crippen molar-refractivity contribution < 1.29 is 22.7 Å². The molecule has 0 radical (unpaired) electrons. The van der Waals surface area contributed by atoms with Crippen LogP contribution in [0.15, 0.2) is 23.7 Å². The summed E-state index contributed by atoms with van der Waals surface area (Å²) in [5.41, 5.74) is 1.00. The van der Waals surface area contributed by atoms with Crippen LogP contribution >= 0.6 is 11.3 Å². The van der Waals surface area contributed by atoms with Gasteiger partial charge in [0.1, 0.15) is 5.69 Å². The summed E-state index contributed by atoms with van der Waals surface area (Å²) < 4.78 is 31.7. The Kier molecular flexibility index (Phi) is 5.57. The van der Waals surface area contributed by atoms with Gasteiger partial charge in [-0.25, -0.2) is 13.4 Å². The summed E-state index contributed by atoms with van der Waals surface area (Å²) in [7, 11) is -0.970. The maximum Gasteiger partial charge on any atom is 0.322 e. The number of anilines is 1. The molecule has 2 aromatic rings. The number of hydrogen-bond acceptors (Lipinski definition) is 7. The molecule has 11 heteroatoms. The Labute approximate surface area is 142 Å². The topological polar surface area (TPSA) is 119 Å². The number of sulfonamides is 1. The van der Waals surface area contributed by atoms with Crippen molar-refractivity contribution in [3.8, 4) is 0 Å². The molecule has 0 bridgehead atoms. The maximum absolute atomic E-state index is 12.0. The van der Waals surface area contributed by atoms with Crippen molar-refractivity contribution in [3.63, 3.8) is 0 Å². The summed E-state index contributed by atoms with van der Waals surface area (Å²) in [6.07, 6.45) is 1.86. The molecule has 0 spiro atoms. The molecular weight excluding hydrogens is 356 g/mol. The summed E-state index contributed by atoms with van der Waals surface area (Å²) in [6, 6.07) is 3.73. The van der Waals surface area contributed by atoms with E-state index in [0.29, 0.717) is 6.54 Å². The Morgan fingerprint density at radius 1 is 1.42 bits per heavy atom. The third-order valence-electron chi connectivity index (χ3n) is 3.00. The zero-order valence-corrected chi connectivity index (χ0v) is 14.6. The molecule has 0 saturated carbocycles. The number of hydrogen-bond donors (Lipinski definition) is 2. The first-order valence-corrected chi connectivity index (χ1v) is 9.25. The standard InChI is InChI=1S/C13H16N4O5S2/c1-17-5-3-4-9(17)6-14-12(19)10-7-23-13(15-10)16-24(20,21)8-11(18)22-2/h3-5,7H,6,8H2,1-2H3,(H,14,19)(H,15,16). The van der Waals surface area contributed by atoms with Crippen molar-refractivity contribution in [3.05, 3.63) is 35.1 Å². The van der Waals surface area contributed by atoms with Crippen LogP contribution in [-0.4, -0.2) is 42.7 Å². The normalized spacial score (nSPS) is 11.1. The van der Waals surface area contributed by atoms with Crippen LogP contribution in [0.3, 0.4) is 0 Å². The van der Waals surface area contributed by atoms with Crippen LogP contribution in [0.25, 0.3) is 0 Å². The molecule has 2 rings (SSSR count). The summed E-state index contributed by atoms with van der Waals surface area (Å²) in [5, 5.41) is 4.12. The minimum Gasteiger partial charge on any atom is -0.468 e. The predicted molar refractivity (Wildman–Crippen MR) is 88.1 cm³/mol. The van der Waals surface area contributed by atoms with Gasteiger partial charge in [-0.15, -0.1) is 11.3 Å². The van der Waals surface area contributed by atoms with E-state index in [4.69, 9.17) is 0 Å². The van der Waals surface area contributed by atoms with Crippen LogP contribution in [0.2, 0.25) is 0 Å². The number of esters is 1. The van der Waals surface area contributed by atoms with Crippen molar-refractivity contribution in [1.82, 2.24) is 14.9 Å². The smallest absolute Gasteiger partial charge is 0.322 e. The molecule has 0 atom stereocenters. The van der Waals surface area contributed by atoms with Crippen molar-refractivity contribution in [2.45, 2.75) is 6.54 Å². The predicted octanol–water partition coefficient (Wildman–Crippen LogP) is 0.326. The Morgan fingerprint density at radius 3 is 2.79 bits per heavy atom. The number of aryl methyl sites for hydroxylation is 1. The number of rotatable bonds is 7. The third-order valence-corrected chi connectivity index (χ3v) is 5.00. The Bertz CT molecular complexity index is 840. The first-order chi connectivity index (χ1) is 11.3. The first-order valence-electron chi connectivity index (χ1n) is 6.72. The van der Waals surface area contributed by atoms with Gasteiger partial charge in [0.25, 0.3) is 5.91 Å². The molecule has 2 N–H and O–H groups in total. The quantitative estimate of drug-likeness (QED) is 0.676. The Morgan fingerprint density at radius 2 is 2.17 bits per heavy atom. The van der Waals surface area contributed by atoms with Crippen molar-refractivity contribution >= 4 is 38.4 Å². The second-order valence-corrected chi connectivity index (χ2v) is 7.35. The molecule has 0 aliphatic heterocycles. The number of ether oxygens (including phenoxy) is 1. The average Bonchev–Trinajstić information content (AvgIpc) is 3.13. The van der Waals surface area contributed by atoms with Crippen molar-refractivity contribution in [1.29, 1.82) is 0 Å². The van der Waals surface area contributed by atoms with E-state index in [1.807, 2.05) is 29.9 Å². The number of aromatic nitrogens is 2. The Hall–Kier alpha value is -2.40. The lowest BCUT2D eigenvalue weighted by atomic mass is 10.4. The Balaban J connectivity index is 1.96. The monoisotopic (exact) mass is 372 g/mol. The van der Waals surface area contributed by atoms with E-state index in [1.54, 1.807) is 0 Å². The highest BCUT2D eigenvalue weighted by atomic mass is 32.2. The third kappa shape index (κ3) is 4.80. The number of methoxy groups -OCH3 is 1. The molecule has 1 amide bonds. The SMILES string of the molecule is COC(=O)CS(=O)(=O)Nc1nc(C(=O)NCc2cccn2C)cs1. The molecule has 2 heterocycles. The fourth-order valence-corrected chi connectivity index (χ4v) is 3.67. The molecule has 0 unspecified atom stereocenters. The zero-order chi connectivity index (χ0) is 17.7. The van der Waals surface area contributed by atoms with E-state index in [9.17, 15) is 18.0 Å². The van der Waals surface area contributed by atoms with Crippen LogP contribution in [0, 0.1) is 0 Å². The summed E-state index contributed by atoms with van der Waals surface area (Å²) in [6.45, 7) is 0.323. The second-order valence-electron chi connectivity index (χ2n) is 4.77. The molecule has 0 aliphatic rings. The lowest BCUT2D eigenvalue weighted by Crippen LogP contribution is -2.25. The van der Waals surface area contributed by atoms with Gasteiger partial charge in [0.2, 0.25) is 10.0 Å². The highest BCUT2D eigenvalue weighted by molar-refractivity contribution is 7.93. The van der Waals surface area contributed by atoms with E-state index in [0.717, 1.165) is 24.1 Å². The first kappa shape index (κ1) is 17.9. The zero-order valence-electron chi connectivity index (χ0n) is 13.0. The van der Waals surface area contributed by atoms with Crippen molar-refractivity contribution in [2.75, 3.05) is 17.6 Å². The number of nitrogens with one attached hydrogen (secondary N) is 2. The van der Waals surface area contributed by atoms with E-state index < -0.39 is 27.7 Å². The minimum atomic E-state index is -3.92. The molecule has 24 heavy (non-hydrogen) atoms. The van der Waals surface area contributed by atoms with Gasteiger partial charge in [-0.2, -0.15) is 0 Å². The molecule has 9 nitrogen and oxygen atoms in total. The van der Waals surface area contributed by atoms with E-state index in [2.05, 4.69) is 19.8 Å². The molecule has 0 aromatic carbocycles. The van der Waals surface area contributed by atoms with Crippen LogP contribution in [-0.2, 0) is 33.1 Å².